The molecule has 1 aliphatic rings. The standard InChI is InChI=1S/C23H28N2O4S2/c1-3-14-29-21(26)15-10-12-16(13-11-15)24-23(30)25-20-19(22(27)28-4-2)17-8-6-5-7-9-18(17)31-20/h10-13H,3-9,14H2,1-2H3,(H2,24,25,30). The largest absolute Gasteiger partial charge is 0.462 e. The zero-order chi connectivity index (χ0) is 22.2. The summed E-state index contributed by atoms with van der Waals surface area (Å²) in [6, 6.07) is 6.93. The summed E-state index contributed by atoms with van der Waals surface area (Å²) in [5, 5.41) is 7.40. The number of ether oxygens (including phenoxy) is 2. The van der Waals surface area contributed by atoms with Crippen LogP contribution in [0.2, 0.25) is 0 Å². The minimum absolute atomic E-state index is 0.304. The fraction of sp³-hybridized carbons (Fsp3) is 0.435. The Labute approximate surface area is 192 Å². The summed E-state index contributed by atoms with van der Waals surface area (Å²) in [4.78, 5) is 25.8. The van der Waals surface area contributed by atoms with Gasteiger partial charge in [-0.2, -0.15) is 0 Å². The monoisotopic (exact) mass is 460 g/mol. The first-order chi connectivity index (χ1) is 15.0. The van der Waals surface area contributed by atoms with E-state index in [2.05, 4.69) is 10.6 Å². The molecule has 0 amide bonds. The number of carbonyl (C=O) groups excluding carboxylic acids is 2. The molecule has 0 aliphatic heterocycles. The molecular formula is C23H28N2O4S2. The lowest BCUT2D eigenvalue weighted by molar-refractivity contribution is 0.0501. The summed E-state index contributed by atoms with van der Waals surface area (Å²) in [6.45, 7) is 4.50. The number of fused-ring (bicyclic) bond motifs is 1. The molecule has 0 radical (unpaired) electrons. The molecule has 1 heterocycles. The van der Waals surface area contributed by atoms with Crippen molar-refractivity contribution in [2.75, 3.05) is 23.8 Å². The van der Waals surface area contributed by atoms with Gasteiger partial charge < -0.3 is 20.1 Å². The van der Waals surface area contributed by atoms with E-state index in [4.69, 9.17) is 21.7 Å². The lowest BCUT2D eigenvalue weighted by Gasteiger charge is -2.12. The number of esters is 2. The molecule has 2 aromatic rings. The third-order valence-electron chi connectivity index (χ3n) is 4.94. The average molecular weight is 461 g/mol. The van der Waals surface area contributed by atoms with Crippen molar-refractivity contribution in [1.82, 2.24) is 0 Å². The van der Waals surface area contributed by atoms with Gasteiger partial charge in [0.2, 0.25) is 0 Å². The second-order valence-electron chi connectivity index (χ2n) is 7.28. The Morgan fingerprint density at radius 1 is 1.00 bits per heavy atom. The van der Waals surface area contributed by atoms with Gasteiger partial charge in [0.05, 0.1) is 24.3 Å². The van der Waals surface area contributed by atoms with Gasteiger partial charge in [-0.1, -0.05) is 13.3 Å². The van der Waals surface area contributed by atoms with Crippen LogP contribution in [0, 0.1) is 0 Å². The zero-order valence-electron chi connectivity index (χ0n) is 17.9. The Bertz CT molecular complexity index is 938. The van der Waals surface area contributed by atoms with Crippen LogP contribution in [0.4, 0.5) is 10.7 Å². The van der Waals surface area contributed by atoms with Crippen LogP contribution < -0.4 is 10.6 Å². The van der Waals surface area contributed by atoms with E-state index in [9.17, 15) is 9.59 Å². The molecule has 31 heavy (non-hydrogen) atoms. The Hall–Kier alpha value is -2.45. The van der Waals surface area contributed by atoms with E-state index in [-0.39, 0.29) is 11.9 Å². The van der Waals surface area contributed by atoms with Crippen LogP contribution in [0.15, 0.2) is 24.3 Å². The summed E-state index contributed by atoms with van der Waals surface area (Å²) in [6.07, 6.45) is 6.03. The fourth-order valence-corrected chi connectivity index (χ4v) is 5.05. The van der Waals surface area contributed by atoms with Gasteiger partial charge in [-0.15, -0.1) is 11.3 Å². The van der Waals surface area contributed by atoms with E-state index in [1.807, 2.05) is 13.8 Å². The molecule has 0 spiro atoms. The minimum Gasteiger partial charge on any atom is -0.462 e. The Kier molecular flexibility index (Phi) is 8.43. The van der Waals surface area contributed by atoms with Gasteiger partial charge in [0.15, 0.2) is 5.11 Å². The van der Waals surface area contributed by atoms with E-state index in [0.717, 1.165) is 48.4 Å². The van der Waals surface area contributed by atoms with E-state index >= 15 is 0 Å². The third-order valence-corrected chi connectivity index (χ3v) is 6.36. The summed E-state index contributed by atoms with van der Waals surface area (Å²) < 4.78 is 10.5. The van der Waals surface area contributed by atoms with Crippen molar-refractivity contribution < 1.29 is 19.1 Å². The van der Waals surface area contributed by atoms with Crippen molar-refractivity contribution in [3.05, 3.63) is 45.8 Å². The Balaban J connectivity index is 1.71. The third kappa shape index (κ3) is 6.04. The number of nitrogens with one attached hydrogen (secondary N) is 2. The first-order valence-electron chi connectivity index (χ1n) is 10.7. The number of hydrogen-bond donors (Lipinski definition) is 2. The van der Waals surface area contributed by atoms with E-state index in [0.29, 0.717) is 29.5 Å². The van der Waals surface area contributed by atoms with Crippen LogP contribution in [0.5, 0.6) is 0 Å². The van der Waals surface area contributed by atoms with Crippen LogP contribution in [0.3, 0.4) is 0 Å². The molecule has 6 nitrogen and oxygen atoms in total. The fourth-order valence-electron chi connectivity index (χ4n) is 3.48. The average Bonchev–Trinajstić information content (AvgIpc) is 2.92. The van der Waals surface area contributed by atoms with Gasteiger partial charge in [-0.3, -0.25) is 0 Å². The molecular weight excluding hydrogens is 432 g/mol. The summed E-state index contributed by atoms with van der Waals surface area (Å²) in [5.41, 5.74) is 2.94. The topological polar surface area (TPSA) is 76.7 Å². The lowest BCUT2D eigenvalue weighted by Crippen LogP contribution is -2.20. The van der Waals surface area contributed by atoms with E-state index in [1.54, 1.807) is 35.6 Å². The normalized spacial score (nSPS) is 13.0. The number of rotatable bonds is 7. The highest BCUT2D eigenvalue weighted by Crippen LogP contribution is 2.38. The van der Waals surface area contributed by atoms with Crippen molar-refractivity contribution in [2.45, 2.75) is 52.4 Å². The smallest absolute Gasteiger partial charge is 0.341 e. The molecule has 0 fully saturated rings. The van der Waals surface area contributed by atoms with Crippen LogP contribution in [-0.2, 0) is 22.3 Å². The van der Waals surface area contributed by atoms with Gasteiger partial charge in [0, 0.05) is 10.6 Å². The van der Waals surface area contributed by atoms with E-state index in [1.165, 1.54) is 11.3 Å². The number of anilines is 2. The molecule has 1 aliphatic carbocycles. The number of benzene rings is 1. The maximum atomic E-state index is 12.7. The zero-order valence-corrected chi connectivity index (χ0v) is 19.5. The molecule has 0 atom stereocenters. The molecule has 0 saturated carbocycles. The maximum absolute atomic E-state index is 12.7. The van der Waals surface area contributed by atoms with E-state index < -0.39 is 0 Å². The van der Waals surface area contributed by atoms with Crippen LogP contribution in [-0.4, -0.2) is 30.3 Å². The van der Waals surface area contributed by atoms with Crippen molar-refractivity contribution in [2.24, 2.45) is 0 Å². The molecule has 2 N–H and O–H groups in total. The molecule has 166 valence electrons. The summed E-state index contributed by atoms with van der Waals surface area (Å²) in [5.74, 6) is -0.643. The molecule has 3 rings (SSSR count). The highest BCUT2D eigenvalue weighted by Gasteiger charge is 2.26. The number of hydrogen-bond acceptors (Lipinski definition) is 6. The molecule has 8 heteroatoms. The Morgan fingerprint density at radius 2 is 1.74 bits per heavy atom. The van der Waals surface area contributed by atoms with Crippen LogP contribution >= 0.6 is 23.6 Å². The molecule has 0 saturated heterocycles. The second kappa shape index (κ2) is 11.2. The molecule has 1 aromatic heterocycles. The van der Waals surface area contributed by atoms with Crippen molar-refractivity contribution in [1.29, 1.82) is 0 Å². The van der Waals surface area contributed by atoms with Gasteiger partial charge in [0.25, 0.3) is 0 Å². The second-order valence-corrected chi connectivity index (χ2v) is 8.79. The predicted molar refractivity (Wildman–Crippen MR) is 128 cm³/mol. The maximum Gasteiger partial charge on any atom is 0.341 e. The molecule has 0 bridgehead atoms. The van der Waals surface area contributed by atoms with Gasteiger partial charge in [-0.25, -0.2) is 9.59 Å². The Morgan fingerprint density at radius 3 is 2.45 bits per heavy atom. The molecule has 0 unspecified atom stereocenters. The molecule has 1 aromatic carbocycles. The number of thiophene rings is 1. The number of carbonyl (C=O) groups is 2. The van der Waals surface area contributed by atoms with Gasteiger partial charge >= 0.3 is 11.9 Å². The van der Waals surface area contributed by atoms with Gasteiger partial charge in [-0.05, 0) is 81.1 Å². The van der Waals surface area contributed by atoms with Crippen molar-refractivity contribution >= 4 is 51.3 Å². The van der Waals surface area contributed by atoms with Crippen molar-refractivity contribution in [3.63, 3.8) is 0 Å². The van der Waals surface area contributed by atoms with Crippen LogP contribution in [0.25, 0.3) is 0 Å². The van der Waals surface area contributed by atoms with Crippen molar-refractivity contribution in [3.8, 4) is 0 Å². The minimum atomic E-state index is -0.340. The summed E-state index contributed by atoms with van der Waals surface area (Å²) >= 11 is 7.06. The van der Waals surface area contributed by atoms with Crippen LogP contribution in [0.1, 0.15) is 70.7 Å². The lowest BCUT2D eigenvalue weighted by atomic mass is 10.1. The predicted octanol–water partition coefficient (Wildman–Crippen LogP) is 5.57. The first-order valence-corrected chi connectivity index (χ1v) is 11.9. The highest BCUT2D eigenvalue weighted by atomic mass is 32.1. The summed E-state index contributed by atoms with van der Waals surface area (Å²) in [7, 11) is 0. The number of aryl methyl sites for hydroxylation is 1. The quantitative estimate of drug-likeness (QED) is 0.318. The SMILES string of the molecule is CCCOC(=O)c1ccc(NC(=S)Nc2sc3c(c2C(=O)OCC)CCCCC3)cc1. The first kappa shape index (κ1) is 23.2. The highest BCUT2D eigenvalue weighted by molar-refractivity contribution is 7.80. The number of thiocarbonyl (C=S) groups is 1. The van der Waals surface area contributed by atoms with Gasteiger partial charge in [0.1, 0.15) is 5.00 Å².